The minimum Gasteiger partial charge on any atom is -0.481 e. The molecule has 0 aliphatic carbocycles. The molecule has 0 unspecified atom stereocenters. The van der Waals surface area contributed by atoms with Crippen LogP contribution in [0, 0.1) is 13.8 Å². The number of carboxylic acid groups (broad SMARTS) is 1. The van der Waals surface area contributed by atoms with Crippen molar-refractivity contribution in [3.63, 3.8) is 0 Å². The molecule has 1 aromatic heterocycles. The van der Waals surface area contributed by atoms with Crippen LogP contribution in [0.4, 0.5) is 0 Å². The average molecular weight is 347 g/mol. The minimum absolute atomic E-state index is 0.0269. The fourth-order valence-electron chi connectivity index (χ4n) is 2.52. The van der Waals surface area contributed by atoms with E-state index in [1.165, 1.54) is 0 Å². The van der Waals surface area contributed by atoms with Gasteiger partial charge in [0.15, 0.2) is 9.84 Å². The maximum atomic E-state index is 12.0. The number of nitrogens with zero attached hydrogens (tertiary/aromatic N) is 1. The van der Waals surface area contributed by atoms with Crippen molar-refractivity contribution in [2.75, 3.05) is 5.75 Å². The van der Waals surface area contributed by atoms with Crippen LogP contribution >= 0.6 is 0 Å². The predicted octanol–water partition coefficient (Wildman–Crippen LogP) is 3.18. The van der Waals surface area contributed by atoms with Crippen LogP contribution in [0.25, 0.3) is 11.3 Å². The second-order valence-corrected chi connectivity index (χ2v) is 8.01. The lowest BCUT2D eigenvalue weighted by atomic mass is 9.98. The Morgan fingerprint density at radius 1 is 1.17 bits per heavy atom. The number of carbonyl (C=O) groups is 1. The second kappa shape index (κ2) is 7.13. The van der Waals surface area contributed by atoms with E-state index in [4.69, 9.17) is 5.11 Å². The van der Waals surface area contributed by atoms with E-state index in [-0.39, 0.29) is 12.2 Å². The van der Waals surface area contributed by atoms with Gasteiger partial charge in [0.25, 0.3) is 0 Å². The van der Waals surface area contributed by atoms with Gasteiger partial charge in [-0.15, -0.1) is 0 Å². The number of pyridine rings is 1. The van der Waals surface area contributed by atoms with Gasteiger partial charge < -0.3 is 5.11 Å². The van der Waals surface area contributed by atoms with Crippen molar-refractivity contribution in [3.8, 4) is 11.3 Å². The molecule has 2 aromatic rings. The van der Waals surface area contributed by atoms with Gasteiger partial charge in [0, 0.05) is 17.7 Å². The fourth-order valence-corrected chi connectivity index (χ4v) is 3.49. The molecule has 128 valence electrons. The summed E-state index contributed by atoms with van der Waals surface area (Å²) in [6.45, 7) is 5.33. The molecule has 5 nitrogen and oxygen atoms in total. The number of hydrogen-bond donors (Lipinski definition) is 1. The number of hydrogen-bond acceptors (Lipinski definition) is 4. The summed E-state index contributed by atoms with van der Waals surface area (Å²) in [6.07, 6.45) is 0.408. The highest BCUT2D eigenvalue weighted by Crippen LogP contribution is 2.28. The maximum Gasteiger partial charge on any atom is 0.303 e. The van der Waals surface area contributed by atoms with Gasteiger partial charge in [-0.3, -0.25) is 9.78 Å². The highest BCUT2D eigenvalue weighted by molar-refractivity contribution is 7.91. The van der Waals surface area contributed by atoms with Crippen molar-refractivity contribution in [2.24, 2.45) is 0 Å². The van der Waals surface area contributed by atoms with Crippen LogP contribution in [0.5, 0.6) is 0 Å². The molecule has 0 saturated carbocycles. The van der Waals surface area contributed by atoms with E-state index >= 15 is 0 Å². The summed E-state index contributed by atoms with van der Waals surface area (Å²) in [5, 5.41) is 8.91. The summed E-state index contributed by atoms with van der Waals surface area (Å²) in [6, 6.07) is 8.73. The first-order valence-corrected chi connectivity index (χ1v) is 9.42. The normalized spacial score (nSPS) is 11.5. The van der Waals surface area contributed by atoms with Crippen molar-refractivity contribution in [1.82, 2.24) is 4.98 Å². The molecule has 1 heterocycles. The third-order valence-corrected chi connectivity index (χ3v) is 5.65. The molecule has 6 heteroatoms. The molecule has 1 aromatic carbocycles. The standard InChI is InChI=1S/C18H21NO4S/c1-4-24(22,23)15-8-9-16(12(2)11-15)18-14(7-10-17(20)21)6-5-13(3)19-18/h5-6,8-9,11H,4,7,10H2,1-3H3,(H,20,21). The maximum absolute atomic E-state index is 12.0. The number of sulfone groups is 1. The van der Waals surface area contributed by atoms with Crippen LogP contribution in [-0.2, 0) is 21.1 Å². The molecule has 0 radical (unpaired) electrons. The summed E-state index contributed by atoms with van der Waals surface area (Å²) in [5.41, 5.74) is 4.02. The average Bonchev–Trinajstić information content (AvgIpc) is 2.53. The van der Waals surface area contributed by atoms with Crippen molar-refractivity contribution in [2.45, 2.75) is 38.5 Å². The van der Waals surface area contributed by atoms with Crippen LogP contribution in [0.3, 0.4) is 0 Å². The number of aromatic nitrogens is 1. The Balaban J connectivity index is 2.52. The molecular formula is C18H21NO4S. The SMILES string of the molecule is CCS(=O)(=O)c1ccc(-c2nc(C)ccc2CCC(=O)O)c(C)c1. The molecule has 0 saturated heterocycles. The summed E-state index contributed by atoms with van der Waals surface area (Å²) >= 11 is 0. The van der Waals surface area contributed by atoms with Crippen molar-refractivity contribution < 1.29 is 18.3 Å². The van der Waals surface area contributed by atoms with Gasteiger partial charge >= 0.3 is 5.97 Å². The van der Waals surface area contributed by atoms with Gasteiger partial charge in [-0.2, -0.15) is 0 Å². The van der Waals surface area contributed by atoms with Crippen LogP contribution in [0.15, 0.2) is 35.2 Å². The Labute approximate surface area is 142 Å². The third kappa shape index (κ3) is 4.00. The van der Waals surface area contributed by atoms with Gasteiger partial charge in [0.05, 0.1) is 16.3 Å². The Hall–Kier alpha value is -2.21. The first-order valence-electron chi connectivity index (χ1n) is 7.76. The topological polar surface area (TPSA) is 84.3 Å². The van der Waals surface area contributed by atoms with Crippen LogP contribution in [0.1, 0.15) is 30.2 Å². The number of aryl methyl sites for hydroxylation is 3. The quantitative estimate of drug-likeness (QED) is 0.867. The molecule has 0 atom stereocenters. The van der Waals surface area contributed by atoms with E-state index in [9.17, 15) is 13.2 Å². The largest absolute Gasteiger partial charge is 0.481 e. The van der Waals surface area contributed by atoms with Gasteiger partial charge in [-0.05, 0) is 49.6 Å². The van der Waals surface area contributed by atoms with E-state index < -0.39 is 15.8 Å². The van der Waals surface area contributed by atoms with E-state index in [0.717, 1.165) is 22.4 Å². The number of benzene rings is 1. The Morgan fingerprint density at radius 2 is 1.88 bits per heavy atom. The Morgan fingerprint density at radius 3 is 2.46 bits per heavy atom. The predicted molar refractivity (Wildman–Crippen MR) is 92.8 cm³/mol. The van der Waals surface area contributed by atoms with E-state index in [2.05, 4.69) is 4.98 Å². The van der Waals surface area contributed by atoms with Gasteiger partial charge in [-0.1, -0.05) is 19.1 Å². The highest BCUT2D eigenvalue weighted by atomic mass is 32.2. The van der Waals surface area contributed by atoms with Crippen LogP contribution in [0.2, 0.25) is 0 Å². The summed E-state index contributed by atoms with van der Waals surface area (Å²) < 4.78 is 24.0. The van der Waals surface area contributed by atoms with Crippen molar-refractivity contribution in [1.29, 1.82) is 0 Å². The van der Waals surface area contributed by atoms with E-state index in [0.29, 0.717) is 17.0 Å². The molecule has 1 N–H and O–H groups in total. The molecule has 0 fully saturated rings. The van der Waals surface area contributed by atoms with Gasteiger partial charge in [-0.25, -0.2) is 8.42 Å². The van der Waals surface area contributed by atoms with Gasteiger partial charge in [0.1, 0.15) is 0 Å². The monoisotopic (exact) mass is 347 g/mol. The summed E-state index contributed by atoms with van der Waals surface area (Å²) in [7, 11) is -3.26. The van der Waals surface area contributed by atoms with E-state index in [1.54, 1.807) is 25.1 Å². The number of aliphatic carboxylic acids is 1. The molecule has 0 aliphatic rings. The zero-order valence-corrected chi connectivity index (χ0v) is 14.9. The second-order valence-electron chi connectivity index (χ2n) is 5.73. The molecular weight excluding hydrogens is 326 g/mol. The lowest BCUT2D eigenvalue weighted by molar-refractivity contribution is -0.136. The zero-order valence-electron chi connectivity index (χ0n) is 14.0. The Kier molecular flexibility index (Phi) is 5.39. The minimum atomic E-state index is -3.26. The van der Waals surface area contributed by atoms with Gasteiger partial charge in [0.2, 0.25) is 0 Å². The lowest BCUT2D eigenvalue weighted by Crippen LogP contribution is -2.05. The number of carboxylic acids is 1. The first kappa shape index (κ1) is 18.1. The lowest BCUT2D eigenvalue weighted by Gasteiger charge is -2.13. The van der Waals surface area contributed by atoms with Crippen molar-refractivity contribution in [3.05, 3.63) is 47.2 Å². The van der Waals surface area contributed by atoms with Crippen molar-refractivity contribution >= 4 is 15.8 Å². The third-order valence-electron chi connectivity index (χ3n) is 3.92. The van der Waals surface area contributed by atoms with E-state index in [1.807, 2.05) is 26.0 Å². The molecule has 0 bridgehead atoms. The first-order chi connectivity index (χ1) is 11.2. The zero-order chi connectivity index (χ0) is 17.9. The molecule has 24 heavy (non-hydrogen) atoms. The summed E-state index contributed by atoms with van der Waals surface area (Å²) in [4.78, 5) is 15.7. The fraction of sp³-hybridized carbons (Fsp3) is 0.333. The molecule has 0 aliphatic heterocycles. The van der Waals surface area contributed by atoms with Crippen LogP contribution in [-0.4, -0.2) is 30.2 Å². The smallest absolute Gasteiger partial charge is 0.303 e. The molecule has 2 rings (SSSR count). The van der Waals surface area contributed by atoms with Crippen LogP contribution < -0.4 is 0 Å². The Bertz CT molecular complexity index is 873. The molecule has 0 spiro atoms. The summed E-state index contributed by atoms with van der Waals surface area (Å²) in [5.74, 6) is -0.805. The highest BCUT2D eigenvalue weighted by Gasteiger charge is 2.16. The number of rotatable bonds is 6. The molecule has 0 amide bonds.